The molecule has 130 valence electrons. The average molecular weight is 329 g/mol. The molecule has 0 spiro atoms. The first kappa shape index (κ1) is 17.0. The maximum absolute atomic E-state index is 5.49. The normalized spacial score (nSPS) is 15.8. The van der Waals surface area contributed by atoms with Gasteiger partial charge in [0.25, 0.3) is 0 Å². The fraction of sp³-hybridized carbons (Fsp3) is 0.579. The van der Waals surface area contributed by atoms with Crippen molar-refractivity contribution in [3.05, 3.63) is 30.2 Å². The Bertz CT molecular complexity index is 618. The standard InChI is InChI=1S/C19H27N3O2/c1-3-22(16-8-6-5-7-9-16)14-18-20-19(21-24-18)15-10-12-17(13-11-15)23-4-2/h10-13,16H,3-9,14H2,1-2H3. The molecule has 1 heterocycles. The summed E-state index contributed by atoms with van der Waals surface area (Å²) in [7, 11) is 0. The van der Waals surface area contributed by atoms with Crippen molar-refractivity contribution in [2.24, 2.45) is 0 Å². The molecule has 0 amide bonds. The van der Waals surface area contributed by atoms with Crippen LogP contribution in [-0.4, -0.2) is 34.2 Å². The van der Waals surface area contributed by atoms with Crippen LogP contribution in [0.15, 0.2) is 28.8 Å². The monoisotopic (exact) mass is 329 g/mol. The minimum absolute atomic E-state index is 0.646. The fourth-order valence-corrected chi connectivity index (χ4v) is 3.42. The zero-order chi connectivity index (χ0) is 16.8. The highest BCUT2D eigenvalue weighted by Gasteiger charge is 2.22. The minimum atomic E-state index is 0.646. The molecule has 1 aromatic heterocycles. The van der Waals surface area contributed by atoms with Crippen molar-refractivity contribution in [2.45, 2.75) is 58.5 Å². The Morgan fingerprint density at radius 3 is 2.54 bits per heavy atom. The van der Waals surface area contributed by atoms with Crippen LogP contribution in [0.4, 0.5) is 0 Å². The van der Waals surface area contributed by atoms with E-state index in [4.69, 9.17) is 9.26 Å². The summed E-state index contributed by atoms with van der Waals surface area (Å²) in [6.07, 6.45) is 6.61. The van der Waals surface area contributed by atoms with Gasteiger partial charge in [-0.05, 0) is 50.6 Å². The SMILES string of the molecule is CCOc1ccc(-c2noc(CN(CC)C3CCCCC3)n2)cc1. The number of nitrogens with zero attached hydrogens (tertiary/aromatic N) is 3. The third-order valence-electron chi connectivity index (χ3n) is 4.73. The van der Waals surface area contributed by atoms with E-state index < -0.39 is 0 Å². The van der Waals surface area contributed by atoms with Crippen molar-refractivity contribution in [3.8, 4) is 17.1 Å². The molecule has 0 radical (unpaired) electrons. The van der Waals surface area contributed by atoms with Gasteiger partial charge in [-0.2, -0.15) is 4.98 Å². The number of hydrogen-bond donors (Lipinski definition) is 0. The van der Waals surface area contributed by atoms with Crippen LogP contribution in [0.5, 0.6) is 5.75 Å². The van der Waals surface area contributed by atoms with Crippen LogP contribution in [0.1, 0.15) is 51.8 Å². The number of aromatic nitrogens is 2. The summed E-state index contributed by atoms with van der Waals surface area (Å²) in [6, 6.07) is 8.48. The Kier molecular flexibility index (Phi) is 5.86. The first-order chi connectivity index (χ1) is 11.8. The van der Waals surface area contributed by atoms with E-state index in [-0.39, 0.29) is 0 Å². The lowest BCUT2D eigenvalue weighted by molar-refractivity contribution is 0.139. The third kappa shape index (κ3) is 4.15. The quantitative estimate of drug-likeness (QED) is 0.758. The second-order valence-electron chi connectivity index (χ2n) is 6.32. The second kappa shape index (κ2) is 8.29. The third-order valence-corrected chi connectivity index (χ3v) is 4.73. The zero-order valence-electron chi connectivity index (χ0n) is 14.7. The van der Waals surface area contributed by atoms with E-state index >= 15 is 0 Å². The number of hydrogen-bond acceptors (Lipinski definition) is 5. The van der Waals surface area contributed by atoms with Gasteiger partial charge in [0.15, 0.2) is 0 Å². The molecule has 0 unspecified atom stereocenters. The molecule has 0 N–H and O–H groups in total. The van der Waals surface area contributed by atoms with Gasteiger partial charge in [-0.25, -0.2) is 0 Å². The average Bonchev–Trinajstić information content (AvgIpc) is 3.10. The Balaban J connectivity index is 1.65. The molecule has 3 rings (SSSR count). The molecule has 1 aromatic carbocycles. The van der Waals surface area contributed by atoms with E-state index in [0.717, 1.165) is 24.4 Å². The van der Waals surface area contributed by atoms with Gasteiger partial charge in [-0.15, -0.1) is 0 Å². The molecule has 5 nitrogen and oxygen atoms in total. The largest absolute Gasteiger partial charge is 0.494 e. The Morgan fingerprint density at radius 1 is 1.12 bits per heavy atom. The lowest BCUT2D eigenvalue weighted by Gasteiger charge is -2.32. The first-order valence-corrected chi connectivity index (χ1v) is 9.10. The van der Waals surface area contributed by atoms with Crippen molar-refractivity contribution in [1.29, 1.82) is 0 Å². The van der Waals surface area contributed by atoms with Crippen molar-refractivity contribution < 1.29 is 9.26 Å². The van der Waals surface area contributed by atoms with Crippen LogP contribution >= 0.6 is 0 Å². The molecule has 2 aromatic rings. The van der Waals surface area contributed by atoms with Crippen LogP contribution < -0.4 is 4.74 Å². The van der Waals surface area contributed by atoms with Crippen LogP contribution in [0.2, 0.25) is 0 Å². The summed E-state index contributed by atoms with van der Waals surface area (Å²) >= 11 is 0. The highest BCUT2D eigenvalue weighted by Crippen LogP contribution is 2.24. The van der Waals surface area contributed by atoms with Gasteiger partial charge in [0.05, 0.1) is 13.2 Å². The van der Waals surface area contributed by atoms with Gasteiger partial charge in [-0.3, -0.25) is 4.90 Å². The van der Waals surface area contributed by atoms with Gasteiger partial charge in [-0.1, -0.05) is 31.3 Å². The topological polar surface area (TPSA) is 51.4 Å². The molecular formula is C19H27N3O2. The highest BCUT2D eigenvalue weighted by molar-refractivity contribution is 5.55. The van der Waals surface area contributed by atoms with E-state index in [9.17, 15) is 0 Å². The predicted octanol–water partition coefficient (Wildman–Crippen LogP) is 4.29. The van der Waals surface area contributed by atoms with Crippen LogP contribution in [0, 0.1) is 0 Å². The Morgan fingerprint density at radius 2 is 1.88 bits per heavy atom. The summed E-state index contributed by atoms with van der Waals surface area (Å²) in [5, 5.41) is 4.14. The lowest BCUT2D eigenvalue weighted by Crippen LogP contribution is -2.36. The van der Waals surface area contributed by atoms with Crippen LogP contribution in [-0.2, 0) is 6.54 Å². The summed E-state index contributed by atoms with van der Waals surface area (Å²) in [4.78, 5) is 7.05. The first-order valence-electron chi connectivity index (χ1n) is 9.10. The van der Waals surface area contributed by atoms with E-state index in [1.807, 2.05) is 31.2 Å². The molecule has 0 bridgehead atoms. The van der Waals surface area contributed by atoms with E-state index in [1.165, 1.54) is 32.1 Å². The Hall–Kier alpha value is -1.88. The number of ether oxygens (including phenoxy) is 1. The molecule has 24 heavy (non-hydrogen) atoms. The summed E-state index contributed by atoms with van der Waals surface area (Å²) in [6.45, 7) is 6.61. The number of benzene rings is 1. The van der Waals surface area contributed by atoms with E-state index in [1.54, 1.807) is 0 Å². The lowest BCUT2D eigenvalue weighted by atomic mass is 9.94. The second-order valence-corrected chi connectivity index (χ2v) is 6.32. The smallest absolute Gasteiger partial charge is 0.241 e. The van der Waals surface area contributed by atoms with Crippen molar-refractivity contribution >= 4 is 0 Å². The van der Waals surface area contributed by atoms with Crippen LogP contribution in [0.3, 0.4) is 0 Å². The molecule has 1 aliphatic rings. The molecular weight excluding hydrogens is 302 g/mol. The summed E-state index contributed by atoms with van der Waals surface area (Å²) in [5.74, 6) is 2.21. The maximum atomic E-state index is 5.49. The van der Waals surface area contributed by atoms with Gasteiger partial charge in [0, 0.05) is 11.6 Å². The fourth-order valence-electron chi connectivity index (χ4n) is 3.42. The van der Waals surface area contributed by atoms with Gasteiger partial charge < -0.3 is 9.26 Å². The van der Waals surface area contributed by atoms with E-state index in [2.05, 4.69) is 22.0 Å². The summed E-state index contributed by atoms with van der Waals surface area (Å²) < 4.78 is 11.0. The summed E-state index contributed by atoms with van der Waals surface area (Å²) in [5.41, 5.74) is 0.953. The van der Waals surface area contributed by atoms with Crippen LogP contribution in [0.25, 0.3) is 11.4 Å². The van der Waals surface area contributed by atoms with Gasteiger partial charge >= 0.3 is 0 Å². The van der Waals surface area contributed by atoms with Gasteiger partial charge in [0.1, 0.15) is 5.75 Å². The minimum Gasteiger partial charge on any atom is -0.494 e. The zero-order valence-corrected chi connectivity index (χ0v) is 14.7. The predicted molar refractivity (Wildman–Crippen MR) is 93.9 cm³/mol. The van der Waals surface area contributed by atoms with Gasteiger partial charge in [0.2, 0.25) is 11.7 Å². The molecule has 0 atom stereocenters. The molecule has 1 saturated carbocycles. The van der Waals surface area contributed by atoms with Crippen molar-refractivity contribution in [1.82, 2.24) is 15.0 Å². The molecule has 0 saturated heterocycles. The highest BCUT2D eigenvalue weighted by atomic mass is 16.5. The number of rotatable bonds is 7. The molecule has 5 heteroatoms. The molecule has 1 fully saturated rings. The molecule has 1 aliphatic carbocycles. The molecule has 0 aliphatic heterocycles. The van der Waals surface area contributed by atoms with Crippen molar-refractivity contribution in [2.75, 3.05) is 13.2 Å². The maximum Gasteiger partial charge on any atom is 0.241 e. The van der Waals surface area contributed by atoms with E-state index in [0.29, 0.717) is 24.4 Å². The Labute approximate surface area is 144 Å². The van der Waals surface area contributed by atoms with Crippen molar-refractivity contribution in [3.63, 3.8) is 0 Å².